The smallest absolute Gasteiger partial charge is 0.254 e. The Bertz CT molecular complexity index is 870. The average Bonchev–Trinajstić information content (AvgIpc) is 3.24. The van der Waals surface area contributed by atoms with Crippen LogP contribution < -0.4 is 19.5 Å². The Hall–Kier alpha value is -3.22. The first-order chi connectivity index (χ1) is 14.0. The minimum atomic E-state index is -0.525. The van der Waals surface area contributed by atoms with Crippen molar-refractivity contribution in [2.24, 2.45) is 0 Å². The third kappa shape index (κ3) is 4.29. The highest BCUT2D eigenvalue weighted by Crippen LogP contribution is 2.31. The van der Waals surface area contributed by atoms with Gasteiger partial charge in [0.2, 0.25) is 5.91 Å². The van der Waals surface area contributed by atoms with Crippen molar-refractivity contribution in [3.63, 3.8) is 0 Å². The molecule has 1 saturated heterocycles. The van der Waals surface area contributed by atoms with Crippen molar-refractivity contribution in [2.45, 2.75) is 25.8 Å². The number of hydrogen-bond donors (Lipinski definition) is 1. The maximum atomic E-state index is 13.2. The number of carbonyl (C=O) groups is 2. The molecule has 2 aromatic carbocycles. The second-order valence-corrected chi connectivity index (χ2v) is 6.88. The van der Waals surface area contributed by atoms with Gasteiger partial charge in [0.05, 0.1) is 21.3 Å². The molecule has 3 rings (SSSR count). The van der Waals surface area contributed by atoms with E-state index in [2.05, 4.69) is 5.32 Å². The van der Waals surface area contributed by atoms with Crippen LogP contribution in [0, 0.1) is 6.92 Å². The topological polar surface area (TPSA) is 77.1 Å². The first-order valence-corrected chi connectivity index (χ1v) is 9.47. The molecule has 1 atom stereocenters. The minimum Gasteiger partial charge on any atom is -0.497 e. The van der Waals surface area contributed by atoms with Crippen LogP contribution in [0.15, 0.2) is 36.4 Å². The number of nitrogens with zero attached hydrogens (tertiary/aromatic N) is 1. The van der Waals surface area contributed by atoms with Crippen LogP contribution in [0.4, 0.5) is 5.69 Å². The van der Waals surface area contributed by atoms with Gasteiger partial charge in [-0.05, 0) is 56.2 Å². The van der Waals surface area contributed by atoms with Gasteiger partial charge in [-0.25, -0.2) is 0 Å². The molecule has 154 valence electrons. The summed E-state index contributed by atoms with van der Waals surface area (Å²) >= 11 is 0. The van der Waals surface area contributed by atoms with Crippen LogP contribution in [-0.4, -0.2) is 50.6 Å². The van der Waals surface area contributed by atoms with Crippen molar-refractivity contribution in [3.8, 4) is 17.2 Å². The molecule has 0 spiro atoms. The number of carbonyl (C=O) groups excluding carboxylic acids is 2. The summed E-state index contributed by atoms with van der Waals surface area (Å²) in [4.78, 5) is 27.6. The number of anilines is 1. The number of rotatable bonds is 6. The number of hydrogen-bond acceptors (Lipinski definition) is 5. The zero-order chi connectivity index (χ0) is 21.0. The lowest BCUT2D eigenvalue weighted by Gasteiger charge is -2.24. The van der Waals surface area contributed by atoms with E-state index in [-0.39, 0.29) is 11.8 Å². The molecular formula is C22H26N2O5. The summed E-state index contributed by atoms with van der Waals surface area (Å²) in [5, 5.41) is 2.89. The fraction of sp³-hybridized carbons (Fsp3) is 0.364. The van der Waals surface area contributed by atoms with Crippen LogP contribution in [0.25, 0.3) is 0 Å². The van der Waals surface area contributed by atoms with E-state index in [1.807, 2.05) is 6.92 Å². The van der Waals surface area contributed by atoms with E-state index >= 15 is 0 Å². The molecule has 0 bridgehead atoms. The Balaban J connectivity index is 1.79. The third-order valence-corrected chi connectivity index (χ3v) is 5.17. The summed E-state index contributed by atoms with van der Waals surface area (Å²) in [6.07, 6.45) is 1.39. The SMILES string of the molecule is COc1ccc(NC(=O)C2CCCN2C(=O)c2cc(OC)c(C)c(OC)c2)cc1. The highest BCUT2D eigenvalue weighted by molar-refractivity contribution is 6.02. The van der Waals surface area contributed by atoms with Crippen LogP contribution in [0.2, 0.25) is 0 Å². The second kappa shape index (κ2) is 8.86. The molecule has 7 nitrogen and oxygen atoms in total. The normalized spacial score (nSPS) is 15.7. The Morgan fingerprint density at radius 2 is 1.62 bits per heavy atom. The number of amides is 2. The lowest BCUT2D eigenvalue weighted by atomic mass is 10.1. The molecule has 0 aliphatic carbocycles. The summed E-state index contributed by atoms with van der Waals surface area (Å²) in [5.74, 6) is 1.45. The van der Waals surface area contributed by atoms with Gasteiger partial charge in [-0.2, -0.15) is 0 Å². The number of likely N-dealkylation sites (tertiary alicyclic amines) is 1. The molecule has 2 amide bonds. The van der Waals surface area contributed by atoms with Crippen molar-refractivity contribution in [1.29, 1.82) is 0 Å². The summed E-state index contributed by atoms with van der Waals surface area (Å²) < 4.78 is 15.9. The second-order valence-electron chi connectivity index (χ2n) is 6.88. The highest BCUT2D eigenvalue weighted by Gasteiger charge is 2.35. The fourth-order valence-electron chi connectivity index (χ4n) is 3.56. The molecule has 2 aromatic rings. The summed E-state index contributed by atoms with van der Waals surface area (Å²) in [6, 6.07) is 9.95. The molecule has 0 aromatic heterocycles. The Morgan fingerprint density at radius 3 is 2.17 bits per heavy atom. The van der Waals surface area contributed by atoms with Crippen LogP contribution in [-0.2, 0) is 4.79 Å². The molecule has 1 unspecified atom stereocenters. The summed E-state index contributed by atoms with van der Waals surface area (Å²) in [5.41, 5.74) is 1.92. The molecule has 29 heavy (non-hydrogen) atoms. The van der Waals surface area contributed by atoms with Gasteiger partial charge in [0.25, 0.3) is 5.91 Å². The zero-order valence-electron chi connectivity index (χ0n) is 17.2. The molecule has 1 aliphatic rings. The number of methoxy groups -OCH3 is 3. The minimum absolute atomic E-state index is 0.202. The molecule has 1 fully saturated rings. The fourth-order valence-corrected chi connectivity index (χ4v) is 3.56. The van der Waals surface area contributed by atoms with Crippen molar-refractivity contribution < 1.29 is 23.8 Å². The molecule has 1 N–H and O–H groups in total. The molecule has 1 heterocycles. The monoisotopic (exact) mass is 398 g/mol. The first kappa shape index (κ1) is 20.5. The van der Waals surface area contributed by atoms with Gasteiger partial charge >= 0.3 is 0 Å². The Kier molecular flexibility index (Phi) is 6.26. The van der Waals surface area contributed by atoms with Gasteiger partial charge in [-0.15, -0.1) is 0 Å². The molecule has 7 heteroatoms. The number of benzene rings is 2. The summed E-state index contributed by atoms with van der Waals surface area (Å²) in [6.45, 7) is 2.39. The standard InChI is InChI=1S/C22H26N2O5/c1-14-19(28-3)12-15(13-20(14)29-4)22(26)24-11-5-6-18(24)21(25)23-16-7-9-17(27-2)10-8-16/h7-10,12-13,18H,5-6,11H2,1-4H3,(H,23,25). The maximum absolute atomic E-state index is 13.2. The van der Waals surface area contributed by atoms with E-state index in [0.717, 1.165) is 12.0 Å². The predicted molar refractivity (Wildman–Crippen MR) is 110 cm³/mol. The quantitative estimate of drug-likeness (QED) is 0.808. The first-order valence-electron chi connectivity index (χ1n) is 9.47. The number of nitrogens with one attached hydrogen (secondary N) is 1. The van der Waals surface area contributed by atoms with E-state index < -0.39 is 6.04 Å². The van der Waals surface area contributed by atoms with Gasteiger partial charge in [0, 0.05) is 23.4 Å². The van der Waals surface area contributed by atoms with Crippen LogP contribution in [0.3, 0.4) is 0 Å². The Morgan fingerprint density at radius 1 is 1.00 bits per heavy atom. The largest absolute Gasteiger partial charge is 0.497 e. The van der Waals surface area contributed by atoms with Crippen LogP contribution >= 0.6 is 0 Å². The lowest BCUT2D eigenvalue weighted by Crippen LogP contribution is -2.43. The van der Waals surface area contributed by atoms with E-state index in [1.165, 1.54) is 0 Å². The van der Waals surface area contributed by atoms with Crippen molar-refractivity contribution >= 4 is 17.5 Å². The average molecular weight is 398 g/mol. The lowest BCUT2D eigenvalue weighted by molar-refractivity contribution is -0.119. The third-order valence-electron chi connectivity index (χ3n) is 5.17. The van der Waals surface area contributed by atoms with Crippen molar-refractivity contribution in [2.75, 3.05) is 33.2 Å². The van der Waals surface area contributed by atoms with Crippen LogP contribution in [0.1, 0.15) is 28.8 Å². The van der Waals surface area contributed by atoms with Gasteiger partial charge in [-0.3, -0.25) is 9.59 Å². The van der Waals surface area contributed by atoms with Gasteiger partial charge < -0.3 is 24.4 Å². The van der Waals surface area contributed by atoms with Gasteiger partial charge in [0.15, 0.2) is 0 Å². The highest BCUT2D eigenvalue weighted by atomic mass is 16.5. The van der Waals surface area contributed by atoms with E-state index in [4.69, 9.17) is 14.2 Å². The van der Waals surface area contributed by atoms with E-state index in [1.54, 1.807) is 62.6 Å². The van der Waals surface area contributed by atoms with E-state index in [0.29, 0.717) is 41.5 Å². The number of ether oxygens (including phenoxy) is 3. The molecule has 0 saturated carbocycles. The van der Waals surface area contributed by atoms with Gasteiger partial charge in [-0.1, -0.05) is 0 Å². The maximum Gasteiger partial charge on any atom is 0.254 e. The van der Waals surface area contributed by atoms with Crippen molar-refractivity contribution in [3.05, 3.63) is 47.5 Å². The molecule has 0 radical (unpaired) electrons. The Labute approximate surface area is 170 Å². The summed E-state index contributed by atoms with van der Waals surface area (Å²) in [7, 11) is 4.69. The van der Waals surface area contributed by atoms with E-state index in [9.17, 15) is 9.59 Å². The molecule has 1 aliphatic heterocycles. The van der Waals surface area contributed by atoms with Crippen molar-refractivity contribution in [1.82, 2.24) is 4.90 Å². The zero-order valence-corrected chi connectivity index (χ0v) is 17.2. The molecular weight excluding hydrogens is 372 g/mol. The van der Waals surface area contributed by atoms with Crippen LogP contribution in [0.5, 0.6) is 17.2 Å². The van der Waals surface area contributed by atoms with Gasteiger partial charge in [0.1, 0.15) is 23.3 Å². The predicted octanol–water partition coefficient (Wildman–Crippen LogP) is 3.26.